The topological polar surface area (TPSA) is 55.4 Å². The number of hydrogen-bond acceptors (Lipinski definition) is 4. The Bertz CT molecular complexity index is 445. The van der Waals surface area contributed by atoms with Crippen molar-refractivity contribution in [3.63, 3.8) is 0 Å². The monoisotopic (exact) mass is 311 g/mol. The molecule has 0 radical (unpaired) electrons. The number of unbranched alkanes of at least 4 members (excludes halogenated alkanes) is 1. The fourth-order valence-corrected chi connectivity index (χ4v) is 3.84. The summed E-state index contributed by atoms with van der Waals surface area (Å²) in [6, 6.07) is 3.09. The van der Waals surface area contributed by atoms with Crippen LogP contribution >= 0.6 is 22.9 Å². The van der Waals surface area contributed by atoms with E-state index in [1.807, 2.05) is 0 Å². The quantitative estimate of drug-likeness (QED) is 0.713. The van der Waals surface area contributed by atoms with E-state index >= 15 is 0 Å². The summed E-state index contributed by atoms with van der Waals surface area (Å²) in [4.78, 5) is 0. The van der Waals surface area contributed by atoms with E-state index in [1.54, 1.807) is 6.07 Å². The highest BCUT2D eigenvalue weighted by Gasteiger charge is 2.15. The molecule has 0 aliphatic heterocycles. The van der Waals surface area contributed by atoms with Gasteiger partial charge in [0.15, 0.2) is 0 Å². The molecule has 0 unspecified atom stereocenters. The van der Waals surface area contributed by atoms with Gasteiger partial charge in [0.2, 0.25) is 10.0 Å². The predicted octanol–water partition coefficient (Wildman–Crippen LogP) is 2.89. The minimum atomic E-state index is -3.41. The van der Waals surface area contributed by atoms with Crippen molar-refractivity contribution in [2.75, 3.05) is 19.8 Å². The Balaban J connectivity index is 2.22. The number of sulfonamides is 1. The minimum absolute atomic E-state index is 0.249. The summed E-state index contributed by atoms with van der Waals surface area (Å²) in [5.41, 5.74) is 0. The van der Waals surface area contributed by atoms with Crippen LogP contribution in [0.15, 0.2) is 16.3 Å². The van der Waals surface area contributed by atoms with E-state index in [9.17, 15) is 8.42 Å². The maximum absolute atomic E-state index is 11.8. The lowest BCUT2D eigenvalue weighted by molar-refractivity contribution is 0.130. The molecule has 104 valence electrons. The van der Waals surface area contributed by atoms with Gasteiger partial charge in [-0.15, -0.1) is 11.3 Å². The largest absolute Gasteiger partial charge is 0.381 e. The summed E-state index contributed by atoms with van der Waals surface area (Å²) in [6.45, 7) is 3.80. The van der Waals surface area contributed by atoms with Gasteiger partial charge in [-0.3, -0.25) is 0 Å². The summed E-state index contributed by atoms with van der Waals surface area (Å²) >= 11 is 6.76. The standard InChI is InChI=1S/C11H18ClNO3S2/c1-2-3-8-16-9-4-7-13-18(14,15)11-6-5-10(12)17-11/h5-6,13H,2-4,7-9H2,1H3. The van der Waals surface area contributed by atoms with E-state index in [0.717, 1.165) is 30.8 Å². The third kappa shape index (κ3) is 5.67. The Morgan fingerprint density at radius 1 is 1.33 bits per heavy atom. The van der Waals surface area contributed by atoms with Crippen LogP contribution in [0.4, 0.5) is 0 Å². The molecule has 1 heterocycles. The molecule has 18 heavy (non-hydrogen) atoms. The van der Waals surface area contributed by atoms with Crippen LogP contribution in [0.5, 0.6) is 0 Å². The fraction of sp³-hybridized carbons (Fsp3) is 0.636. The molecule has 0 aromatic carbocycles. The Hall–Kier alpha value is -0.140. The summed E-state index contributed by atoms with van der Waals surface area (Å²) in [5.74, 6) is 0. The van der Waals surface area contributed by atoms with Crippen LogP contribution in [-0.4, -0.2) is 28.2 Å². The minimum Gasteiger partial charge on any atom is -0.381 e. The molecular weight excluding hydrogens is 294 g/mol. The average molecular weight is 312 g/mol. The third-order valence-electron chi connectivity index (χ3n) is 2.21. The SMILES string of the molecule is CCCCOCCCNS(=O)(=O)c1ccc(Cl)s1. The molecule has 4 nitrogen and oxygen atoms in total. The molecule has 1 N–H and O–H groups in total. The van der Waals surface area contributed by atoms with E-state index in [4.69, 9.17) is 16.3 Å². The van der Waals surface area contributed by atoms with Crippen molar-refractivity contribution in [3.05, 3.63) is 16.5 Å². The number of ether oxygens (including phenoxy) is 1. The first kappa shape index (κ1) is 15.9. The fourth-order valence-electron chi connectivity index (χ4n) is 1.24. The van der Waals surface area contributed by atoms with Crippen molar-refractivity contribution < 1.29 is 13.2 Å². The van der Waals surface area contributed by atoms with Crippen LogP contribution < -0.4 is 4.72 Å². The first-order chi connectivity index (χ1) is 8.56. The van der Waals surface area contributed by atoms with Crippen molar-refractivity contribution in [2.45, 2.75) is 30.4 Å². The van der Waals surface area contributed by atoms with Gasteiger partial charge in [0.25, 0.3) is 0 Å². The average Bonchev–Trinajstić information content (AvgIpc) is 2.75. The Morgan fingerprint density at radius 3 is 2.67 bits per heavy atom. The molecule has 0 fully saturated rings. The first-order valence-electron chi connectivity index (χ1n) is 5.89. The first-order valence-corrected chi connectivity index (χ1v) is 8.57. The van der Waals surface area contributed by atoms with Crippen LogP contribution in [0.3, 0.4) is 0 Å². The summed E-state index contributed by atoms with van der Waals surface area (Å²) < 4.78 is 32.1. The Labute approximate surface area is 117 Å². The zero-order valence-corrected chi connectivity index (χ0v) is 12.7. The molecule has 0 saturated heterocycles. The molecular formula is C11H18ClNO3S2. The van der Waals surface area contributed by atoms with Crippen LogP contribution in [0.1, 0.15) is 26.2 Å². The molecule has 1 rings (SSSR count). The highest BCUT2D eigenvalue weighted by Crippen LogP contribution is 2.25. The lowest BCUT2D eigenvalue weighted by Crippen LogP contribution is -2.24. The van der Waals surface area contributed by atoms with E-state index in [2.05, 4.69) is 11.6 Å². The molecule has 0 saturated carbocycles. The van der Waals surface area contributed by atoms with E-state index in [-0.39, 0.29) is 4.21 Å². The number of thiophene rings is 1. The molecule has 1 aromatic heterocycles. The Kier molecular flexibility index (Phi) is 7.18. The maximum atomic E-state index is 11.8. The van der Waals surface area contributed by atoms with E-state index in [0.29, 0.717) is 23.9 Å². The highest BCUT2D eigenvalue weighted by molar-refractivity contribution is 7.91. The van der Waals surface area contributed by atoms with Crippen molar-refractivity contribution >= 4 is 33.0 Å². The molecule has 0 aliphatic rings. The van der Waals surface area contributed by atoms with Gasteiger partial charge in [0.1, 0.15) is 4.21 Å². The second kappa shape index (κ2) is 8.12. The molecule has 0 spiro atoms. The molecule has 1 aromatic rings. The smallest absolute Gasteiger partial charge is 0.250 e. The van der Waals surface area contributed by atoms with Crippen molar-refractivity contribution in [1.29, 1.82) is 0 Å². The van der Waals surface area contributed by atoms with Gasteiger partial charge in [-0.05, 0) is 25.0 Å². The number of rotatable bonds is 9. The van der Waals surface area contributed by atoms with Crippen molar-refractivity contribution in [2.24, 2.45) is 0 Å². The van der Waals surface area contributed by atoms with Crippen LogP contribution in [0, 0.1) is 0 Å². The summed E-state index contributed by atoms with van der Waals surface area (Å²) in [5, 5.41) is 0. The van der Waals surface area contributed by atoms with Gasteiger partial charge in [-0.2, -0.15) is 0 Å². The molecule has 0 aliphatic carbocycles. The predicted molar refractivity (Wildman–Crippen MR) is 74.9 cm³/mol. The molecule has 7 heteroatoms. The summed E-state index contributed by atoms with van der Waals surface area (Å²) in [7, 11) is -3.41. The van der Waals surface area contributed by atoms with Gasteiger partial charge in [-0.1, -0.05) is 24.9 Å². The molecule has 0 amide bonds. The van der Waals surface area contributed by atoms with E-state index < -0.39 is 10.0 Å². The highest BCUT2D eigenvalue weighted by atomic mass is 35.5. The van der Waals surface area contributed by atoms with Crippen LogP contribution in [-0.2, 0) is 14.8 Å². The molecule has 0 bridgehead atoms. The normalized spacial score (nSPS) is 11.9. The van der Waals surface area contributed by atoms with Gasteiger partial charge in [-0.25, -0.2) is 13.1 Å². The Morgan fingerprint density at radius 2 is 2.06 bits per heavy atom. The number of halogens is 1. The second-order valence-corrected chi connectivity index (χ2v) is 7.48. The van der Waals surface area contributed by atoms with Gasteiger partial charge < -0.3 is 4.74 Å². The summed E-state index contributed by atoms with van der Waals surface area (Å²) in [6.07, 6.45) is 2.81. The van der Waals surface area contributed by atoms with E-state index in [1.165, 1.54) is 6.07 Å². The number of hydrogen-bond donors (Lipinski definition) is 1. The van der Waals surface area contributed by atoms with Crippen LogP contribution in [0.2, 0.25) is 4.34 Å². The van der Waals surface area contributed by atoms with Gasteiger partial charge in [0, 0.05) is 19.8 Å². The van der Waals surface area contributed by atoms with Crippen molar-refractivity contribution in [3.8, 4) is 0 Å². The molecule has 0 atom stereocenters. The van der Waals surface area contributed by atoms with Gasteiger partial charge in [0.05, 0.1) is 4.34 Å². The van der Waals surface area contributed by atoms with Crippen molar-refractivity contribution in [1.82, 2.24) is 4.72 Å². The van der Waals surface area contributed by atoms with Crippen LogP contribution in [0.25, 0.3) is 0 Å². The zero-order chi connectivity index (χ0) is 13.4. The third-order valence-corrected chi connectivity index (χ3v) is 5.40. The zero-order valence-electron chi connectivity index (χ0n) is 10.3. The lowest BCUT2D eigenvalue weighted by Gasteiger charge is -2.05. The maximum Gasteiger partial charge on any atom is 0.250 e. The lowest BCUT2D eigenvalue weighted by atomic mass is 10.4. The number of nitrogens with one attached hydrogen (secondary N) is 1. The second-order valence-electron chi connectivity index (χ2n) is 3.78. The van der Waals surface area contributed by atoms with Gasteiger partial charge >= 0.3 is 0 Å².